The van der Waals surface area contributed by atoms with Crippen molar-refractivity contribution in [2.75, 3.05) is 18.5 Å². The van der Waals surface area contributed by atoms with Crippen molar-refractivity contribution in [2.24, 2.45) is 5.73 Å². The summed E-state index contributed by atoms with van der Waals surface area (Å²) in [7, 11) is 0. The third-order valence-corrected chi connectivity index (χ3v) is 3.17. The number of rotatable bonds is 7. The van der Waals surface area contributed by atoms with Crippen LogP contribution in [0.5, 0.6) is 5.75 Å². The lowest BCUT2D eigenvalue weighted by molar-refractivity contribution is 0.1000. The van der Waals surface area contributed by atoms with Crippen LogP contribution in [0.3, 0.4) is 0 Å². The standard InChI is InChI=1S/C15H15ClFN3O3/c16-13-5-9(14(18)22)6-19-15(13)20-7-11(21)8-23-12-3-1-10(17)2-4-12/h1-6,11,21H,7-8H2,(H2,18,22)(H,19,20)/t11-/m1/s1. The molecule has 1 aromatic carbocycles. The minimum absolute atomic E-state index is 0.00954. The highest BCUT2D eigenvalue weighted by Gasteiger charge is 2.10. The Balaban J connectivity index is 1.83. The maximum atomic E-state index is 12.7. The third-order valence-electron chi connectivity index (χ3n) is 2.89. The molecule has 1 amide bonds. The van der Waals surface area contributed by atoms with Gasteiger partial charge in [-0.2, -0.15) is 0 Å². The third kappa shape index (κ3) is 5.08. The molecule has 4 N–H and O–H groups in total. The van der Waals surface area contributed by atoms with Gasteiger partial charge in [0.1, 0.15) is 30.1 Å². The molecule has 1 aromatic heterocycles. The monoisotopic (exact) mass is 339 g/mol. The Bertz CT molecular complexity index is 682. The van der Waals surface area contributed by atoms with Crippen LogP contribution in [-0.4, -0.2) is 35.3 Å². The molecule has 1 atom stereocenters. The predicted octanol–water partition coefficient (Wildman–Crippen LogP) is 1.82. The van der Waals surface area contributed by atoms with Crippen molar-refractivity contribution >= 4 is 23.3 Å². The fourth-order valence-electron chi connectivity index (χ4n) is 1.70. The summed E-state index contributed by atoms with van der Waals surface area (Å²) >= 11 is 5.96. The van der Waals surface area contributed by atoms with Gasteiger partial charge in [-0.05, 0) is 30.3 Å². The number of aromatic nitrogens is 1. The molecule has 6 nitrogen and oxygen atoms in total. The molecule has 0 aliphatic heterocycles. The lowest BCUT2D eigenvalue weighted by Gasteiger charge is -2.14. The zero-order valence-corrected chi connectivity index (χ0v) is 12.8. The number of benzene rings is 1. The lowest BCUT2D eigenvalue weighted by Crippen LogP contribution is -2.26. The molecule has 0 aliphatic carbocycles. The van der Waals surface area contributed by atoms with E-state index in [1.54, 1.807) is 0 Å². The van der Waals surface area contributed by atoms with E-state index < -0.39 is 12.0 Å². The smallest absolute Gasteiger partial charge is 0.250 e. The normalized spacial score (nSPS) is 11.8. The Kier molecular flexibility index (Phi) is 5.72. The van der Waals surface area contributed by atoms with E-state index in [2.05, 4.69) is 10.3 Å². The average Bonchev–Trinajstić information content (AvgIpc) is 2.53. The van der Waals surface area contributed by atoms with Crippen molar-refractivity contribution in [3.05, 3.63) is 52.9 Å². The van der Waals surface area contributed by atoms with Gasteiger partial charge in [0.15, 0.2) is 0 Å². The van der Waals surface area contributed by atoms with E-state index in [-0.39, 0.29) is 29.6 Å². The van der Waals surface area contributed by atoms with Gasteiger partial charge in [-0.1, -0.05) is 11.6 Å². The van der Waals surface area contributed by atoms with Crippen molar-refractivity contribution in [3.8, 4) is 5.75 Å². The molecule has 0 unspecified atom stereocenters. The second-order valence-electron chi connectivity index (χ2n) is 4.72. The summed E-state index contributed by atoms with van der Waals surface area (Å²) in [6.45, 7) is 0.138. The number of hydrogen-bond acceptors (Lipinski definition) is 5. The maximum Gasteiger partial charge on any atom is 0.250 e. The zero-order valence-electron chi connectivity index (χ0n) is 12.0. The molecule has 23 heavy (non-hydrogen) atoms. The summed E-state index contributed by atoms with van der Waals surface area (Å²) in [6.07, 6.45) is 0.450. The van der Waals surface area contributed by atoms with E-state index in [4.69, 9.17) is 22.1 Å². The first-order valence-electron chi connectivity index (χ1n) is 6.71. The molecular weight excluding hydrogens is 325 g/mol. The quantitative estimate of drug-likeness (QED) is 0.715. The number of carbonyl (C=O) groups excluding carboxylic acids is 1. The van der Waals surface area contributed by atoms with Crippen LogP contribution in [0.2, 0.25) is 5.02 Å². The van der Waals surface area contributed by atoms with Crippen LogP contribution in [-0.2, 0) is 0 Å². The van der Waals surface area contributed by atoms with Crippen LogP contribution in [0.4, 0.5) is 10.2 Å². The van der Waals surface area contributed by atoms with E-state index in [0.717, 1.165) is 0 Å². The van der Waals surface area contributed by atoms with Gasteiger partial charge in [0.05, 0.1) is 10.6 Å². The predicted molar refractivity (Wildman–Crippen MR) is 84.2 cm³/mol. The highest BCUT2D eigenvalue weighted by molar-refractivity contribution is 6.33. The van der Waals surface area contributed by atoms with Gasteiger partial charge in [0, 0.05) is 12.7 Å². The first kappa shape index (κ1) is 17.0. The lowest BCUT2D eigenvalue weighted by atomic mass is 10.2. The number of halogens is 2. The van der Waals surface area contributed by atoms with E-state index in [1.165, 1.54) is 36.5 Å². The first-order valence-corrected chi connectivity index (χ1v) is 7.09. The summed E-state index contributed by atoms with van der Waals surface area (Å²) in [5.41, 5.74) is 5.32. The summed E-state index contributed by atoms with van der Waals surface area (Å²) in [4.78, 5) is 15.0. The highest BCUT2D eigenvalue weighted by Crippen LogP contribution is 2.20. The minimum Gasteiger partial charge on any atom is -0.491 e. The largest absolute Gasteiger partial charge is 0.491 e. The number of nitrogens with two attached hydrogens (primary N) is 1. The van der Waals surface area contributed by atoms with Crippen LogP contribution in [0.25, 0.3) is 0 Å². The number of carbonyl (C=O) groups is 1. The topological polar surface area (TPSA) is 97.5 Å². The van der Waals surface area contributed by atoms with E-state index in [1.807, 2.05) is 0 Å². The molecule has 1 heterocycles. The van der Waals surface area contributed by atoms with Gasteiger partial charge in [-0.25, -0.2) is 9.37 Å². The van der Waals surface area contributed by atoms with Crippen LogP contribution in [0.1, 0.15) is 10.4 Å². The van der Waals surface area contributed by atoms with Gasteiger partial charge in [-0.3, -0.25) is 4.79 Å². The number of aliphatic hydroxyl groups excluding tert-OH is 1. The molecule has 0 aliphatic rings. The molecule has 0 saturated carbocycles. The second kappa shape index (κ2) is 7.75. The van der Waals surface area contributed by atoms with Gasteiger partial charge >= 0.3 is 0 Å². The molecule has 0 spiro atoms. The number of anilines is 1. The van der Waals surface area contributed by atoms with Crippen molar-refractivity contribution in [1.29, 1.82) is 0 Å². The number of primary amides is 1. The molecular formula is C15H15ClFN3O3. The number of aliphatic hydroxyl groups is 1. The Hall–Kier alpha value is -2.38. The fraction of sp³-hybridized carbons (Fsp3) is 0.200. The Labute approximate surface area is 137 Å². The molecule has 122 valence electrons. The summed E-state index contributed by atoms with van der Waals surface area (Å²) in [6, 6.07) is 6.86. The van der Waals surface area contributed by atoms with Crippen molar-refractivity contribution in [3.63, 3.8) is 0 Å². The van der Waals surface area contributed by atoms with Gasteiger partial charge in [-0.15, -0.1) is 0 Å². The summed E-state index contributed by atoms with van der Waals surface area (Å²) in [5.74, 6) is -0.219. The van der Waals surface area contributed by atoms with Crippen LogP contribution in [0, 0.1) is 5.82 Å². The summed E-state index contributed by atoms with van der Waals surface area (Å²) < 4.78 is 18.1. The van der Waals surface area contributed by atoms with Crippen LogP contribution < -0.4 is 15.8 Å². The summed E-state index contributed by atoms with van der Waals surface area (Å²) in [5, 5.41) is 12.9. The molecule has 0 bridgehead atoms. The number of hydrogen-bond donors (Lipinski definition) is 3. The van der Waals surface area contributed by atoms with E-state index >= 15 is 0 Å². The van der Waals surface area contributed by atoms with Crippen molar-refractivity contribution in [2.45, 2.75) is 6.10 Å². The number of amides is 1. The molecule has 0 saturated heterocycles. The van der Waals surface area contributed by atoms with Crippen LogP contribution in [0.15, 0.2) is 36.5 Å². The molecule has 8 heteroatoms. The maximum absolute atomic E-state index is 12.7. The number of nitrogens with zero attached hydrogens (tertiary/aromatic N) is 1. The highest BCUT2D eigenvalue weighted by atomic mass is 35.5. The van der Waals surface area contributed by atoms with E-state index in [0.29, 0.717) is 11.6 Å². The van der Waals surface area contributed by atoms with Crippen molar-refractivity contribution in [1.82, 2.24) is 4.98 Å². The fourth-order valence-corrected chi connectivity index (χ4v) is 1.93. The molecule has 0 radical (unpaired) electrons. The first-order chi connectivity index (χ1) is 11.0. The van der Waals surface area contributed by atoms with Crippen molar-refractivity contribution < 1.29 is 19.0 Å². The molecule has 2 aromatic rings. The molecule has 0 fully saturated rings. The van der Waals surface area contributed by atoms with Crippen LogP contribution >= 0.6 is 11.6 Å². The van der Waals surface area contributed by atoms with Gasteiger partial charge < -0.3 is 20.9 Å². The molecule has 2 rings (SSSR count). The number of nitrogens with one attached hydrogen (secondary N) is 1. The Morgan fingerprint density at radius 2 is 2.13 bits per heavy atom. The number of ether oxygens (including phenoxy) is 1. The van der Waals surface area contributed by atoms with Gasteiger partial charge in [0.2, 0.25) is 5.91 Å². The Morgan fingerprint density at radius 3 is 2.74 bits per heavy atom. The average molecular weight is 340 g/mol. The SMILES string of the molecule is NC(=O)c1cnc(NC[C@@H](O)COc2ccc(F)cc2)c(Cl)c1. The zero-order chi connectivity index (χ0) is 16.8. The Morgan fingerprint density at radius 1 is 1.43 bits per heavy atom. The minimum atomic E-state index is -0.839. The second-order valence-corrected chi connectivity index (χ2v) is 5.13. The van der Waals surface area contributed by atoms with E-state index in [9.17, 15) is 14.3 Å². The number of pyridine rings is 1. The van der Waals surface area contributed by atoms with Gasteiger partial charge in [0.25, 0.3) is 0 Å².